The molecule has 0 saturated carbocycles. The van der Waals surface area contributed by atoms with Crippen molar-refractivity contribution in [3.63, 3.8) is 0 Å². The third-order valence-corrected chi connectivity index (χ3v) is 2.68. The van der Waals surface area contributed by atoms with Gasteiger partial charge in [-0.2, -0.15) is 0 Å². The lowest BCUT2D eigenvalue weighted by Crippen LogP contribution is -1.97. The van der Waals surface area contributed by atoms with Gasteiger partial charge in [-0.1, -0.05) is 30.3 Å². The van der Waals surface area contributed by atoms with Crippen molar-refractivity contribution in [2.24, 2.45) is 0 Å². The van der Waals surface area contributed by atoms with Gasteiger partial charge >= 0.3 is 0 Å². The number of benzene rings is 1. The van der Waals surface area contributed by atoms with Crippen molar-refractivity contribution in [1.82, 2.24) is 4.98 Å². The molecular formula is C13H12BrNO. The van der Waals surface area contributed by atoms with Gasteiger partial charge < -0.3 is 4.74 Å². The Bertz CT molecular complexity index is 471. The highest BCUT2D eigenvalue weighted by molar-refractivity contribution is 9.10. The Morgan fingerprint density at radius 3 is 2.75 bits per heavy atom. The van der Waals surface area contributed by atoms with Gasteiger partial charge in [0.15, 0.2) is 0 Å². The molecule has 0 N–H and O–H groups in total. The number of pyridine rings is 1. The van der Waals surface area contributed by atoms with E-state index in [9.17, 15) is 0 Å². The lowest BCUT2D eigenvalue weighted by atomic mass is 10.2. The average Bonchev–Trinajstić information content (AvgIpc) is 2.32. The average molecular weight is 278 g/mol. The molecule has 16 heavy (non-hydrogen) atoms. The van der Waals surface area contributed by atoms with Crippen LogP contribution in [0, 0.1) is 6.92 Å². The molecule has 82 valence electrons. The summed E-state index contributed by atoms with van der Waals surface area (Å²) < 4.78 is 6.64. The molecule has 0 aliphatic heterocycles. The molecule has 2 rings (SSSR count). The minimum atomic E-state index is 0.569. The lowest BCUT2D eigenvalue weighted by Gasteiger charge is -2.08. The first kappa shape index (κ1) is 11.1. The van der Waals surface area contributed by atoms with E-state index in [1.165, 1.54) is 0 Å². The fourth-order valence-corrected chi connectivity index (χ4v) is 1.68. The van der Waals surface area contributed by atoms with Crippen molar-refractivity contribution in [2.75, 3.05) is 0 Å². The molecular weight excluding hydrogens is 266 g/mol. The van der Waals surface area contributed by atoms with E-state index < -0.39 is 0 Å². The van der Waals surface area contributed by atoms with E-state index in [0.29, 0.717) is 6.61 Å². The monoisotopic (exact) mass is 277 g/mol. The summed E-state index contributed by atoms with van der Waals surface area (Å²) in [5.41, 5.74) is 2.06. The molecule has 0 spiro atoms. The largest absolute Gasteiger partial charge is 0.487 e. The molecule has 3 heteroatoms. The first-order valence-corrected chi connectivity index (χ1v) is 5.84. The van der Waals surface area contributed by atoms with E-state index in [4.69, 9.17) is 4.74 Å². The quantitative estimate of drug-likeness (QED) is 0.853. The molecule has 0 unspecified atom stereocenters. The standard InChI is InChI=1S/C13H12BrNO/c1-10-13(7-12(14)8-15-10)16-9-11-5-3-2-4-6-11/h2-8H,9H2,1H3. The Balaban J connectivity index is 2.08. The normalized spacial score (nSPS) is 10.1. The summed E-state index contributed by atoms with van der Waals surface area (Å²) in [5, 5.41) is 0. The number of halogens is 1. The molecule has 0 amide bonds. The summed E-state index contributed by atoms with van der Waals surface area (Å²) >= 11 is 3.38. The first-order chi connectivity index (χ1) is 7.75. The molecule has 0 atom stereocenters. The Kier molecular flexibility index (Phi) is 3.57. The Morgan fingerprint density at radius 2 is 2.00 bits per heavy atom. The van der Waals surface area contributed by atoms with Gasteiger partial charge in [-0.25, -0.2) is 0 Å². The van der Waals surface area contributed by atoms with Crippen molar-refractivity contribution in [3.05, 3.63) is 58.3 Å². The Morgan fingerprint density at radius 1 is 1.25 bits per heavy atom. The van der Waals surface area contributed by atoms with Gasteiger partial charge in [-0.05, 0) is 34.5 Å². The number of aromatic nitrogens is 1. The second kappa shape index (κ2) is 5.12. The third kappa shape index (κ3) is 2.83. The first-order valence-electron chi connectivity index (χ1n) is 5.04. The minimum absolute atomic E-state index is 0.569. The summed E-state index contributed by atoms with van der Waals surface area (Å²) in [6, 6.07) is 12.0. The summed E-state index contributed by atoms with van der Waals surface area (Å²) in [4.78, 5) is 4.22. The molecule has 2 aromatic rings. The van der Waals surface area contributed by atoms with Crippen molar-refractivity contribution < 1.29 is 4.74 Å². The molecule has 0 saturated heterocycles. The maximum atomic E-state index is 5.71. The van der Waals surface area contributed by atoms with Crippen LogP contribution in [0.3, 0.4) is 0 Å². The van der Waals surface area contributed by atoms with Crippen molar-refractivity contribution in [1.29, 1.82) is 0 Å². The van der Waals surface area contributed by atoms with Gasteiger partial charge in [0.25, 0.3) is 0 Å². The molecule has 0 radical (unpaired) electrons. The summed E-state index contributed by atoms with van der Waals surface area (Å²) in [6.45, 7) is 2.51. The summed E-state index contributed by atoms with van der Waals surface area (Å²) in [5.74, 6) is 0.818. The summed E-state index contributed by atoms with van der Waals surface area (Å²) in [6.07, 6.45) is 1.77. The molecule has 0 aliphatic rings. The zero-order chi connectivity index (χ0) is 11.4. The number of hydrogen-bond acceptors (Lipinski definition) is 2. The number of ether oxygens (including phenoxy) is 1. The van der Waals surface area contributed by atoms with Crippen LogP contribution in [0.25, 0.3) is 0 Å². The van der Waals surface area contributed by atoms with E-state index in [2.05, 4.69) is 20.9 Å². The van der Waals surface area contributed by atoms with Gasteiger partial charge in [0, 0.05) is 10.7 Å². The van der Waals surface area contributed by atoms with Crippen LogP contribution in [0.4, 0.5) is 0 Å². The molecule has 2 nitrogen and oxygen atoms in total. The minimum Gasteiger partial charge on any atom is -0.487 e. The lowest BCUT2D eigenvalue weighted by molar-refractivity contribution is 0.302. The van der Waals surface area contributed by atoms with E-state index >= 15 is 0 Å². The highest BCUT2D eigenvalue weighted by Crippen LogP contribution is 2.21. The highest BCUT2D eigenvalue weighted by atomic mass is 79.9. The smallest absolute Gasteiger partial charge is 0.142 e. The summed E-state index contributed by atoms with van der Waals surface area (Å²) in [7, 11) is 0. The van der Waals surface area contributed by atoms with E-state index in [1.54, 1.807) is 6.20 Å². The van der Waals surface area contributed by atoms with Crippen molar-refractivity contribution in [3.8, 4) is 5.75 Å². The highest BCUT2D eigenvalue weighted by Gasteiger charge is 2.01. The van der Waals surface area contributed by atoms with Crippen LogP contribution in [0.5, 0.6) is 5.75 Å². The predicted octanol–water partition coefficient (Wildman–Crippen LogP) is 3.73. The fourth-order valence-electron chi connectivity index (χ4n) is 1.37. The fraction of sp³-hybridized carbons (Fsp3) is 0.154. The third-order valence-electron chi connectivity index (χ3n) is 2.24. The SMILES string of the molecule is Cc1ncc(Br)cc1OCc1ccccc1. The van der Waals surface area contributed by atoms with Crippen LogP contribution in [-0.4, -0.2) is 4.98 Å². The van der Waals surface area contributed by atoms with Crippen molar-refractivity contribution in [2.45, 2.75) is 13.5 Å². The second-order valence-corrected chi connectivity index (χ2v) is 4.43. The van der Waals surface area contributed by atoms with Gasteiger partial charge in [-0.15, -0.1) is 0 Å². The zero-order valence-corrected chi connectivity index (χ0v) is 10.6. The van der Waals surface area contributed by atoms with Crippen LogP contribution in [-0.2, 0) is 6.61 Å². The molecule has 0 fully saturated rings. The Hall–Kier alpha value is -1.35. The van der Waals surface area contributed by atoms with Crippen molar-refractivity contribution >= 4 is 15.9 Å². The molecule has 1 aromatic heterocycles. The predicted molar refractivity (Wildman–Crippen MR) is 67.4 cm³/mol. The van der Waals surface area contributed by atoms with Crippen LogP contribution in [0.2, 0.25) is 0 Å². The maximum absolute atomic E-state index is 5.71. The molecule has 0 aliphatic carbocycles. The second-order valence-electron chi connectivity index (χ2n) is 3.51. The van der Waals surface area contributed by atoms with Crippen LogP contribution in [0.1, 0.15) is 11.3 Å². The van der Waals surface area contributed by atoms with Gasteiger partial charge in [0.2, 0.25) is 0 Å². The number of hydrogen-bond donors (Lipinski definition) is 0. The Labute approximate surface area is 103 Å². The van der Waals surface area contributed by atoms with E-state index in [0.717, 1.165) is 21.5 Å². The van der Waals surface area contributed by atoms with Gasteiger partial charge in [0.1, 0.15) is 12.4 Å². The zero-order valence-electron chi connectivity index (χ0n) is 8.98. The molecule has 1 aromatic carbocycles. The van der Waals surface area contributed by atoms with E-state index in [-0.39, 0.29) is 0 Å². The van der Waals surface area contributed by atoms with Crippen LogP contribution < -0.4 is 4.74 Å². The van der Waals surface area contributed by atoms with Gasteiger partial charge in [-0.3, -0.25) is 4.98 Å². The maximum Gasteiger partial charge on any atom is 0.142 e. The number of rotatable bonds is 3. The van der Waals surface area contributed by atoms with E-state index in [1.807, 2.05) is 43.3 Å². The van der Waals surface area contributed by atoms with Crippen LogP contribution in [0.15, 0.2) is 47.1 Å². The molecule has 1 heterocycles. The van der Waals surface area contributed by atoms with Gasteiger partial charge in [0.05, 0.1) is 5.69 Å². The molecule has 0 bridgehead atoms. The van der Waals surface area contributed by atoms with Crippen LogP contribution >= 0.6 is 15.9 Å². The number of aryl methyl sites for hydroxylation is 1. The topological polar surface area (TPSA) is 22.1 Å². The number of nitrogens with zero attached hydrogens (tertiary/aromatic N) is 1.